The zero-order valence-corrected chi connectivity index (χ0v) is 86.3. The minimum atomic E-state index is -0.00855. The van der Waals surface area contributed by atoms with Crippen molar-refractivity contribution in [2.24, 2.45) is 23.7 Å². The Bertz CT molecular complexity index is 4240. The van der Waals surface area contributed by atoms with E-state index in [4.69, 9.17) is 28.2 Å². The van der Waals surface area contributed by atoms with E-state index in [-0.39, 0.29) is 17.7 Å². The van der Waals surface area contributed by atoms with E-state index in [1.54, 1.807) is 22.7 Å². The highest BCUT2D eigenvalue weighted by atomic mass is 32.1. The number of carbonyl (C=O) groups excluding carboxylic acids is 2. The molecule has 0 saturated heterocycles. The summed E-state index contributed by atoms with van der Waals surface area (Å²) in [6, 6.07) is 26.4. The van der Waals surface area contributed by atoms with Crippen molar-refractivity contribution in [3.63, 3.8) is 0 Å². The first kappa shape index (κ1) is 107. The van der Waals surface area contributed by atoms with E-state index in [9.17, 15) is 0 Å². The van der Waals surface area contributed by atoms with Crippen LogP contribution in [0.5, 0.6) is 11.5 Å². The summed E-state index contributed by atoms with van der Waals surface area (Å²) in [5, 5.41) is 0. The minimum absolute atomic E-state index is 0.00855. The van der Waals surface area contributed by atoms with Crippen LogP contribution in [0.25, 0.3) is 66.4 Å². The van der Waals surface area contributed by atoms with Gasteiger partial charge >= 0.3 is 0 Å². The number of benzene rings is 3. The van der Waals surface area contributed by atoms with Crippen LogP contribution in [0.15, 0.2) is 83.9 Å². The predicted molar refractivity (Wildman–Crippen MR) is 562 cm³/mol. The maximum Gasteiger partial charge on any atom is 0.261 e. The first-order valence-corrected chi connectivity index (χ1v) is 57.1. The van der Waals surface area contributed by atoms with Gasteiger partial charge in [-0.05, 0) is 162 Å². The number of aryl methyl sites for hydroxylation is 2. The molecule has 10 nitrogen and oxygen atoms in total. The van der Waals surface area contributed by atoms with E-state index in [1.165, 1.54) is 389 Å². The second-order valence-corrected chi connectivity index (χ2v) is 42.7. The summed E-state index contributed by atoms with van der Waals surface area (Å²) in [5.74, 6) is 3.43. The lowest BCUT2D eigenvalue weighted by Crippen LogP contribution is -2.34. The minimum Gasteiger partial charge on any atom is -0.493 e. The second kappa shape index (κ2) is 64.2. The van der Waals surface area contributed by atoms with Crippen LogP contribution in [0.4, 0.5) is 0 Å². The molecule has 7 aromatic rings. The predicted octanol–water partition coefficient (Wildman–Crippen LogP) is 37.5. The van der Waals surface area contributed by atoms with Crippen molar-refractivity contribution >= 4 is 79.7 Å². The summed E-state index contributed by atoms with van der Waals surface area (Å²) in [7, 11) is 0. The maximum absolute atomic E-state index is 16.7. The Labute approximate surface area is 800 Å². The zero-order valence-electron chi connectivity index (χ0n) is 83.9. The van der Waals surface area contributed by atoms with Crippen molar-refractivity contribution in [2.75, 3.05) is 26.3 Å². The lowest BCUT2D eigenvalue weighted by atomic mass is 9.93. The fourth-order valence-corrected chi connectivity index (χ4v) is 23.2. The van der Waals surface area contributed by atoms with Gasteiger partial charge in [-0.25, -0.2) is 9.97 Å². The molecule has 0 bridgehead atoms. The van der Waals surface area contributed by atoms with Gasteiger partial charge in [0.25, 0.3) is 11.8 Å². The van der Waals surface area contributed by atoms with Crippen molar-refractivity contribution in [1.82, 2.24) is 28.5 Å². The normalized spacial score (nSPS) is 14.0. The van der Waals surface area contributed by atoms with E-state index in [0.717, 1.165) is 145 Å². The molecule has 0 saturated carbocycles. The largest absolute Gasteiger partial charge is 0.493 e. The van der Waals surface area contributed by atoms with Gasteiger partial charge in [-0.3, -0.25) is 9.59 Å². The monoisotopic (exact) mass is 1820 g/mol. The molecular formula is C116H182N6O4S3. The number of aromatic nitrogens is 4. The third-order valence-corrected chi connectivity index (χ3v) is 31.3. The standard InChI is InChI=1S/C116H182N6O4S3/c1-11-19-27-35-43-47-55-61-69-93(67-59-51-39-31-23-15-5)87-121-113(102-84-75-91(9)127-102)105-106(116(121)124)114(122(115(105)123)88-94(68-60-52-40-32-24-16-6)70-62-56-48-44-36-28-20-12-2)103-86-85-101(128-103)104-111-107(92(10)108-112(104)120-129-119-108)117-109(97-76-80-99(81-77-97)125-89-95(71-63-53-41-33-25-17-7)73-65-57-49-45-37-29-21-13-3)110(118-111)98-78-82-100(83-79-98)126-90-96(72-64-54-42-34-26-18-8)74-66-58-50-46-38-30-22-14-4/h75-86,93-96H,11-74,87-90H2,1-10H3. The van der Waals surface area contributed by atoms with E-state index >= 15 is 9.59 Å². The molecule has 0 aliphatic carbocycles. The molecule has 2 aliphatic heterocycles. The SMILES string of the molecule is CCCCCCCCCCC(CCCCCCCC)COc1ccc(-c2nc3c(C)c4nsnc4c(-c4ccc(C5=C6C(=O)N(CC(CCCCCCCC)CCCCCCCCCC)C(c7ccc(C)s7)=C6C(=O)N5CC(CCCCCCCC)CCCCCCCCCC)s4)c3nc2-c2ccc(OCC(CCCCCCCC)CCCCCCCCCC)cc2)cc1. The summed E-state index contributed by atoms with van der Waals surface area (Å²) in [6.07, 6.45) is 81.4. The van der Waals surface area contributed by atoms with Crippen LogP contribution in [0.1, 0.15) is 487 Å². The molecule has 6 heterocycles. The van der Waals surface area contributed by atoms with Gasteiger partial charge in [0.1, 0.15) is 28.0 Å². The lowest BCUT2D eigenvalue weighted by Gasteiger charge is -2.29. The Kier molecular flexibility index (Phi) is 53.2. The van der Waals surface area contributed by atoms with Gasteiger partial charge < -0.3 is 19.3 Å². The second-order valence-electron chi connectivity index (χ2n) is 39.8. The summed E-state index contributed by atoms with van der Waals surface area (Å²) in [4.78, 5) is 53.7. The van der Waals surface area contributed by atoms with Crippen LogP contribution in [0.3, 0.4) is 0 Å². The average molecular weight is 1820 g/mol. The first-order chi connectivity index (χ1) is 63.5. The van der Waals surface area contributed by atoms with Crippen LogP contribution in [0.2, 0.25) is 0 Å². The molecular weight excluding hydrogens is 1640 g/mol. The number of hydrogen-bond donors (Lipinski definition) is 0. The van der Waals surface area contributed by atoms with E-state index in [1.807, 2.05) is 0 Å². The lowest BCUT2D eigenvalue weighted by molar-refractivity contribution is -0.124. The molecule has 4 aromatic heterocycles. The number of amides is 2. The number of unbranched alkanes of at least 4 members (excludes halogenated alkanes) is 48. The Balaban J connectivity index is 1.14. The first-order valence-electron chi connectivity index (χ1n) is 54.7. The van der Waals surface area contributed by atoms with Crippen LogP contribution in [-0.4, -0.2) is 66.6 Å². The van der Waals surface area contributed by atoms with E-state index < -0.39 is 0 Å². The molecule has 0 N–H and O–H groups in total. The smallest absolute Gasteiger partial charge is 0.261 e. The van der Waals surface area contributed by atoms with Crippen molar-refractivity contribution in [1.29, 1.82) is 0 Å². The van der Waals surface area contributed by atoms with Crippen LogP contribution >= 0.6 is 34.4 Å². The van der Waals surface area contributed by atoms with Gasteiger partial charge in [0, 0.05) is 45.1 Å². The van der Waals surface area contributed by atoms with Gasteiger partial charge in [0.2, 0.25) is 0 Å². The third-order valence-electron chi connectivity index (χ3n) is 28.6. The van der Waals surface area contributed by atoms with Crippen molar-refractivity contribution < 1.29 is 19.1 Å². The maximum atomic E-state index is 16.7. The molecule has 4 unspecified atom stereocenters. The number of hydrogen-bond acceptors (Lipinski definition) is 11. The molecule has 4 atom stereocenters. The third kappa shape index (κ3) is 36.4. The van der Waals surface area contributed by atoms with Gasteiger partial charge in [-0.15, -0.1) is 22.7 Å². The van der Waals surface area contributed by atoms with Crippen LogP contribution in [-0.2, 0) is 9.59 Å². The van der Waals surface area contributed by atoms with Gasteiger partial charge in [-0.1, -0.05) is 415 Å². The van der Waals surface area contributed by atoms with Crippen LogP contribution in [0, 0.1) is 37.5 Å². The highest BCUT2D eigenvalue weighted by Gasteiger charge is 2.50. The highest BCUT2D eigenvalue weighted by molar-refractivity contribution is 7.17. The zero-order chi connectivity index (χ0) is 91.1. The van der Waals surface area contributed by atoms with E-state index in [0.29, 0.717) is 42.0 Å². The van der Waals surface area contributed by atoms with Crippen molar-refractivity contribution in [3.8, 4) is 44.5 Å². The summed E-state index contributed by atoms with van der Waals surface area (Å²) in [5.41, 5.74) is 11.3. The molecule has 2 amide bonds. The summed E-state index contributed by atoms with van der Waals surface area (Å²) in [6.45, 7) is 25.5. The Morgan fingerprint density at radius 1 is 0.287 bits per heavy atom. The quantitative estimate of drug-likeness (QED) is 0.0347. The molecule has 13 heteroatoms. The fraction of sp³-hybridized carbons (Fsp3) is 0.707. The van der Waals surface area contributed by atoms with Crippen LogP contribution < -0.4 is 9.47 Å². The molecule has 718 valence electrons. The number of fused-ring (bicyclic) bond motifs is 3. The molecule has 0 radical (unpaired) electrons. The fourth-order valence-electron chi connectivity index (χ4n) is 20.5. The summed E-state index contributed by atoms with van der Waals surface area (Å²) < 4.78 is 24.2. The van der Waals surface area contributed by atoms with Gasteiger partial charge in [-0.2, -0.15) is 8.75 Å². The molecule has 0 spiro atoms. The van der Waals surface area contributed by atoms with E-state index in [2.05, 4.69) is 152 Å². The number of thiophene rings is 2. The highest BCUT2D eigenvalue weighted by Crippen LogP contribution is 2.52. The van der Waals surface area contributed by atoms with Gasteiger partial charge in [0.05, 0.1) is 74.1 Å². The molecule has 3 aromatic carbocycles. The molecule has 2 aliphatic rings. The molecule has 0 fully saturated rings. The van der Waals surface area contributed by atoms with Crippen molar-refractivity contribution in [3.05, 3.63) is 104 Å². The molecule has 9 rings (SSSR count). The topological polar surface area (TPSA) is 111 Å². The molecule has 129 heavy (non-hydrogen) atoms. The average Bonchev–Trinajstić information content (AvgIpc) is 1.57. The number of rotatable bonds is 79. The number of carbonyl (C=O) groups is 2. The van der Waals surface area contributed by atoms with Crippen molar-refractivity contribution in [2.45, 2.75) is 480 Å². The number of nitrogens with zero attached hydrogens (tertiary/aromatic N) is 6. The summed E-state index contributed by atoms with van der Waals surface area (Å²) >= 11 is 4.65. The number of ether oxygens (including phenoxy) is 2. The Morgan fingerprint density at radius 2 is 0.558 bits per heavy atom. The Hall–Kier alpha value is -5.76. The Morgan fingerprint density at radius 3 is 0.868 bits per heavy atom. The van der Waals surface area contributed by atoms with Gasteiger partial charge in [0.15, 0.2) is 0 Å².